The maximum Gasteiger partial charge on any atom is 0.263 e. The van der Waals surface area contributed by atoms with Crippen molar-refractivity contribution >= 4 is 0 Å². The van der Waals surface area contributed by atoms with Crippen LogP contribution in [-0.4, -0.2) is 47.5 Å². The van der Waals surface area contributed by atoms with Crippen molar-refractivity contribution in [3.63, 3.8) is 0 Å². The van der Waals surface area contributed by atoms with Crippen molar-refractivity contribution in [2.24, 2.45) is 0 Å². The van der Waals surface area contributed by atoms with Crippen LogP contribution in [0, 0.1) is 6.92 Å². The average molecular weight is 303 g/mol. The number of hydrogen-bond donors (Lipinski definition) is 0. The van der Waals surface area contributed by atoms with E-state index in [4.69, 9.17) is 8.83 Å². The highest BCUT2D eigenvalue weighted by Gasteiger charge is 2.20. The molecule has 0 amide bonds. The van der Waals surface area contributed by atoms with Crippen LogP contribution in [0.2, 0.25) is 0 Å². The molecule has 1 saturated heterocycles. The zero-order valence-electron chi connectivity index (χ0n) is 13.5. The van der Waals surface area contributed by atoms with Gasteiger partial charge in [0.2, 0.25) is 0 Å². The lowest BCUT2D eigenvalue weighted by atomic mass is 10.2. The summed E-state index contributed by atoms with van der Waals surface area (Å²) in [5, 5.41) is 0. The van der Waals surface area contributed by atoms with Gasteiger partial charge in [-0.05, 0) is 32.0 Å². The summed E-state index contributed by atoms with van der Waals surface area (Å²) in [6.07, 6.45) is 4.22. The highest BCUT2D eigenvalue weighted by molar-refractivity contribution is 5.44. The molecule has 0 unspecified atom stereocenters. The van der Waals surface area contributed by atoms with Gasteiger partial charge in [0.25, 0.3) is 5.89 Å². The molecule has 0 radical (unpaired) electrons. The quantitative estimate of drug-likeness (QED) is 0.820. The SMILES string of the molecule is CCCCN1CCN(Cc2nc(-c3ccco3)oc2C)CC1. The van der Waals surface area contributed by atoms with Crippen molar-refractivity contribution in [1.82, 2.24) is 14.8 Å². The zero-order chi connectivity index (χ0) is 15.4. The van der Waals surface area contributed by atoms with Gasteiger partial charge >= 0.3 is 0 Å². The van der Waals surface area contributed by atoms with Crippen LogP contribution in [0.5, 0.6) is 0 Å². The second-order valence-electron chi connectivity index (χ2n) is 5.97. The zero-order valence-corrected chi connectivity index (χ0v) is 13.5. The highest BCUT2D eigenvalue weighted by Crippen LogP contribution is 2.23. The highest BCUT2D eigenvalue weighted by atomic mass is 16.4. The van der Waals surface area contributed by atoms with Crippen molar-refractivity contribution in [3.05, 3.63) is 29.9 Å². The van der Waals surface area contributed by atoms with E-state index in [1.807, 2.05) is 19.1 Å². The summed E-state index contributed by atoms with van der Waals surface area (Å²) in [4.78, 5) is 9.62. The van der Waals surface area contributed by atoms with Crippen LogP contribution in [-0.2, 0) is 6.54 Å². The van der Waals surface area contributed by atoms with E-state index in [-0.39, 0.29) is 0 Å². The van der Waals surface area contributed by atoms with Gasteiger partial charge in [0, 0.05) is 32.7 Å². The minimum absolute atomic E-state index is 0.582. The molecule has 0 saturated carbocycles. The van der Waals surface area contributed by atoms with Crippen molar-refractivity contribution in [2.45, 2.75) is 33.2 Å². The molecule has 1 aliphatic rings. The van der Waals surface area contributed by atoms with E-state index in [0.29, 0.717) is 11.7 Å². The number of aryl methyl sites for hydroxylation is 1. The van der Waals surface area contributed by atoms with Crippen molar-refractivity contribution in [2.75, 3.05) is 32.7 Å². The fraction of sp³-hybridized carbons (Fsp3) is 0.588. The molecule has 22 heavy (non-hydrogen) atoms. The normalized spacial score (nSPS) is 17.2. The molecule has 0 aromatic carbocycles. The van der Waals surface area contributed by atoms with Crippen LogP contribution in [0.15, 0.2) is 27.2 Å². The molecular formula is C17H25N3O2. The van der Waals surface area contributed by atoms with E-state index in [0.717, 1.165) is 44.2 Å². The summed E-state index contributed by atoms with van der Waals surface area (Å²) in [7, 11) is 0. The van der Waals surface area contributed by atoms with E-state index < -0.39 is 0 Å². The summed E-state index contributed by atoms with van der Waals surface area (Å²) in [6.45, 7) is 10.8. The van der Waals surface area contributed by atoms with Crippen molar-refractivity contribution < 1.29 is 8.83 Å². The molecule has 3 rings (SSSR count). The molecule has 5 heteroatoms. The number of hydrogen-bond acceptors (Lipinski definition) is 5. The second-order valence-corrected chi connectivity index (χ2v) is 5.97. The van der Waals surface area contributed by atoms with E-state index >= 15 is 0 Å². The summed E-state index contributed by atoms with van der Waals surface area (Å²) in [5.74, 6) is 2.16. The molecule has 1 fully saturated rings. The molecular weight excluding hydrogens is 278 g/mol. The van der Waals surface area contributed by atoms with Gasteiger partial charge < -0.3 is 13.7 Å². The maximum absolute atomic E-state index is 5.73. The number of nitrogens with zero attached hydrogens (tertiary/aromatic N) is 3. The fourth-order valence-electron chi connectivity index (χ4n) is 2.84. The summed E-state index contributed by atoms with van der Waals surface area (Å²) in [6, 6.07) is 3.73. The van der Waals surface area contributed by atoms with E-state index in [9.17, 15) is 0 Å². The molecule has 0 atom stereocenters. The number of aromatic nitrogens is 1. The van der Waals surface area contributed by atoms with E-state index in [1.165, 1.54) is 19.4 Å². The lowest BCUT2D eigenvalue weighted by molar-refractivity contribution is 0.124. The van der Waals surface area contributed by atoms with Crippen molar-refractivity contribution in [3.8, 4) is 11.7 Å². The molecule has 2 aromatic heterocycles. The monoisotopic (exact) mass is 303 g/mol. The van der Waals surface area contributed by atoms with Crippen molar-refractivity contribution in [1.29, 1.82) is 0 Å². The molecule has 0 bridgehead atoms. The third-order valence-electron chi connectivity index (χ3n) is 4.29. The number of oxazole rings is 1. The second kappa shape index (κ2) is 7.11. The Hall–Kier alpha value is -1.59. The first kappa shape index (κ1) is 15.3. The molecule has 5 nitrogen and oxygen atoms in total. The lowest BCUT2D eigenvalue weighted by Gasteiger charge is -2.34. The van der Waals surface area contributed by atoms with Gasteiger partial charge in [0.05, 0.1) is 12.0 Å². The fourth-order valence-corrected chi connectivity index (χ4v) is 2.84. The Bertz CT molecular complexity index is 569. The molecule has 3 heterocycles. The average Bonchev–Trinajstić information content (AvgIpc) is 3.17. The van der Waals surface area contributed by atoms with Gasteiger partial charge in [0.1, 0.15) is 5.76 Å². The van der Waals surface area contributed by atoms with Gasteiger partial charge in [-0.25, -0.2) is 4.98 Å². The van der Waals surface area contributed by atoms with Crippen LogP contribution in [0.3, 0.4) is 0 Å². The van der Waals surface area contributed by atoms with Gasteiger partial charge in [-0.2, -0.15) is 0 Å². The lowest BCUT2D eigenvalue weighted by Crippen LogP contribution is -2.46. The smallest absolute Gasteiger partial charge is 0.263 e. The summed E-state index contributed by atoms with van der Waals surface area (Å²) >= 11 is 0. The Morgan fingerprint density at radius 3 is 2.64 bits per heavy atom. The molecule has 0 aliphatic carbocycles. The van der Waals surface area contributed by atoms with Crippen LogP contribution in [0.4, 0.5) is 0 Å². The Labute approximate surface area is 131 Å². The third kappa shape index (κ3) is 3.59. The first-order valence-electron chi connectivity index (χ1n) is 8.21. The topological polar surface area (TPSA) is 45.7 Å². The first-order valence-corrected chi connectivity index (χ1v) is 8.21. The molecule has 0 N–H and O–H groups in total. The van der Waals surface area contributed by atoms with Crippen LogP contribution in [0.25, 0.3) is 11.7 Å². The Balaban J connectivity index is 1.56. The van der Waals surface area contributed by atoms with Gasteiger partial charge in [-0.15, -0.1) is 0 Å². The molecule has 0 spiro atoms. The third-order valence-corrected chi connectivity index (χ3v) is 4.29. The van der Waals surface area contributed by atoms with Gasteiger partial charge in [-0.1, -0.05) is 13.3 Å². The Morgan fingerprint density at radius 1 is 1.18 bits per heavy atom. The van der Waals surface area contributed by atoms with E-state index in [1.54, 1.807) is 6.26 Å². The van der Waals surface area contributed by atoms with E-state index in [2.05, 4.69) is 21.7 Å². The predicted octanol–water partition coefficient (Wildman–Crippen LogP) is 3.16. The predicted molar refractivity (Wildman–Crippen MR) is 85.6 cm³/mol. The number of piperazine rings is 1. The van der Waals surface area contributed by atoms with Crippen LogP contribution < -0.4 is 0 Å². The van der Waals surface area contributed by atoms with Gasteiger partial charge in [-0.3, -0.25) is 4.90 Å². The summed E-state index contributed by atoms with van der Waals surface area (Å²) in [5.41, 5.74) is 1.02. The maximum atomic E-state index is 5.73. The molecule has 2 aromatic rings. The Kier molecular flexibility index (Phi) is 4.95. The number of rotatable bonds is 6. The summed E-state index contributed by atoms with van der Waals surface area (Å²) < 4.78 is 11.1. The standard InChI is InChI=1S/C17H25N3O2/c1-3-4-7-19-8-10-20(11-9-19)13-15-14(2)22-17(18-15)16-6-5-12-21-16/h5-6,12H,3-4,7-11,13H2,1-2H3. The molecule has 1 aliphatic heterocycles. The largest absolute Gasteiger partial charge is 0.459 e. The first-order chi connectivity index (χ1) is 10.8. The number of unbranched alkanes of at least 4 members (excludes halogenated alkanes) is 1. The van der Waals surface area contributed by atoms with Crippen LogP contribution >= 0.6 is 0 Å². The Morgan fingerprint density at radius 2 is 1.95 bits per heavy atom. The number of furan rings is 1. The van der Waals surface area contributed by atoms with Gasteiger partial charge in [0.15, 0.2) is 5.76 Å². The minimum Gasteiger partial charge on any atom is -0.459 e. The minimum atomic E-state index is 0.582. The molecule has 120 valence electrons. The van der Waals surface area contributed by atoms with Crippen LogP contribution in [0.1, 0.15) is 31.2 Å².